The normalized spacial score (nSPS) is 10.4. The average Bonchev–Trinajstić information content (AvgIpc) is 3.09. The minimum Gasteiger partial charge on any atom is -0.483 e. The number of anilines is 1. The highest BCUT2D eigenvalue weighted by Crippen LogP contribution is 2.28. The molecule has 3 aromatic rings. The molecule has 122 valence electrons. The average molecular weight is 468 g/mol. The van der Waals surface area contributed by atoms with Gasteiger partial charge in [0, 0.05) is 27.3 Å². The molecule has 4 nitrogen and oxygen atoms in total. The molecular formula is C17H12Br2N2O2S. The molecule has 3 rings (SSSR count). The number of thiazole rings is 1. The van der Waals surface area contributed by atoms with E-state index in [9.17, 15) is 4.79 Å². The van der Waals surface area contributed by atoms with Crippen LogP contribution in [0.3, 0.4) is 0 Å². The van der Waals surface area contributed by atoms with Crippen molar-refractivity contribution in [1.29, 1.82) is 0 Å². The van der Waals surface area contributed by atoms with Gasteiger partial charge in [-0.3, -0.25) is 4.79 Å². The summed E-state index contributed by atoms with van der Waals surface area (Å²) in [5, 5.41) is 5.70. The molecule has 0 spiro atoms. The van der Waals surface area contributed by atoms with E-state index in [-0.39, 0.29) is 12.5 Å². The number of nitrogens with one attached hydrogen (secondary N) is 1. The van der Waals surface area contributed by atoms with Crippen molar-refractivity contribution in [2.45, 2.75) is 0 Å². The first kappa shape index (κ1) is 17.1. The lowest BCUT2D eigenvalue weighted by Gasteiger charge is -2.09. The number of ether oxygens (including phenoxy) is 1. The third kappa shape index (κ3) is 4.43. The van der Waals surface area contributed by atoms with Crippen molar-refractivity contribution in [3.8, 4) is 16.3 Å². The highest BCUT2D eigenvalue weighted by molar-refractivity contribution is 9.11. The maximum absolute atomic E-state index is 12.0. The van der Waals surface area contributed by atoms with Gasteiger partial charge in [0.1, 0.15) is 10.8 Å². The SMILES string of the molecule is O=C(COc1ccc(Br)cc1Br)Nc1ccc(-c2nccs2)cc1. The Kier molecular flexibility index (Phi) is 5.65. The fourth-order valence-corrected chi connectivity index (χ4v) is 3.80. The molecule has 0 saturated carbocycles. The predicted octanol–water partition coefficient (Wildman–Crippen LogP) is 5.35. The minimum absolute atomic E-state index is 0.0610. The van der Waals surface area contributed by atoms with E-state index in [4.69, 9.17) is 4.74 Å². The lowest BCUT2D eigenvalue weighted by atomic mass is 10.2. The number of halogens is 2. The molecule has 0 bridgehead atoms. The molecule has 0 aliphatic heterocycles. The van der Waals surface area contributed by atoms with E-state index >= 15 is 0 Å². The zero-order chi connectivity index (χ0) is 16.9. The van der Waals surface area contributed by atoms with Gasteiger partial charge in [-0.05, 0) is 58.4 Å². The number of aromatic nitrogens is 1. The lowest BCUT2D eigenvalue weighted by molar-refractivity contribution is -0.118. The zero-order valence-corrected chi connectivity index (χ0v) is 16.3. The smallest absolute Gasteiger partial charge is 0.262 e. The second kappa shape index (κ2) is 7.92. The monoisotopic (exact) mass is 466 g/mol. The standard InChI is InChI=1S/C17H12Br2N2O2S/c18-12-3-6-15(14(19)9-12)23-10-16(22)21-13-4-1-11(2-5-13)17-20-7-8-24-17/h1-9H,10H2,(H,21,22). The van der Waals surface area contributed by atoms with Crippen molar-refractivity contribution < 1.29 is 9.53 Å². The van der Waals surface area contributed by atoms with Crippen molar-refractivity contribution in [1.82, 2.24) is 4.98 Å². The lowest BCUT2D eigenvalue weighted by Crippen LogP contribution is -2.20. The van der Waals surface area contributed by atoms with Crippen LogP contribution in [0, 0.1) is 0 Å². The Morgan fingerprint density at radius 1 is 1.17 bits per heavy atom. The third-order valence-corrected chi connectivity index (χ3v) is 5.04. The molecule has 0 aliphatic carbocycles. The molecule has 0 unspecified atom stereocenters. The van der Waals surface area contributed by atoms with Crippen LogP contribution in [-0.2, 0) is 4.79 Å². The molecule has 24 heavy (non-hydrogen) atoms. The van der Waals surface area contributed by atoms with Gasteiger partial charge in [-0.2, -0.15) is 0 Å². The van der Waals surface area contributed by atoms with Gasteiger partial charge in [-0.15, -0.1) is 11.3 Å². The minimum atomic E-state index is -0.216. The Bertz CT molecular complexity index is 836. The molecule has 1 amide bonds. The number of hydrogen-bond acceptors (Lipinski definition) is 4. The van der Waals surface area contributed by atoms with Crippen LogP contribution in [-0.4, -0.2) is 17.5 Å². The molecule has 0 atom stereocenters. The summed E-state index contributed by atoms with van der Waals surface area (Å²) in [6, 6.07) is 13.1. The summed E-state index contributed by atoms with van der Waals surface area (Å²) < 4.78 is 7.25. The van der Waals surface area contributed by atoms with Crippen molar-refractivity contribution in [3.63, 3.8) is 0 Å². The van der Waals surface area contributed by atoms with Crippen molar-refractivity contribution >= 4 is 54.8 Å². The molecule has 2 aromatic carbocycles. The van der Waals surface area contributed by atoms with Gasteiger partial charge in [-0.1, -0.05) is 15.9 Å². The van der Waals surface area contributed by atoms with Gasteiger partial charge in [0.25, 0.3) is 5.91 Å². The highest BCUT2D eigenvalue weighted by atomic mass is 79.9. The number of amides is 1. The van der Waals surface area contributed by atoms with Crippen molar-refractivity contribution in [2.24, 2.45) is 0 Å². The molecule has 1 N–H and O–H groups in total. The number of carbonyl (C=O) groups is 1. The van der Waals surface area contributed by atoms with E-state index in [1.807, 2.05) is 41.8 Å². The number of rotatable bonds is 5. The summed E-state index contributed by atoms with van der Waals surface area (Å²) >= 11 is 8.35. The molecule has 1 heterocycles. The Morgan fingerprint density at radius 2 is 1.96 bits per heavy atom. The van der Waals surface area contributed by atoms with Crippen LogP contribution in [0.2, 0.25) is 0 Å². The summed E-state index contributed by atoms with van der Waals surface area (Å²) in [6.07, 6.45) is 1.77. The summed E-state index contributed by atoms with van der Waals surface area (Å²) in [4.78, 5) is 16.3. The Balaban J connectivity index is 1.56. The quantitative estimate of drug-likeness (QED) is 0.550. The third-order valence-electron chi connectivity index (χ3n) is 3.10. The van der Waals surface area contributed by atoms with Crippen molar-refractivity contribution in [3.05, 3.63) is 63.0 Å². The van der Waals surface area contributed by atoms with Crippen LogP contribution >= 0.6 is 43.2 Å². The maximum Gasteiger partial charge on any atom is 0.262 e. The fourth-order valence-electron chi connectivity index (χ4n) is 1.99. The Labute approximate surface area is 160 Å². The number of hydrogen-bond donors (Lipinski definition) is 1. The molecule has 7 heteroatoms. The van der Waals surface area contributed by atoms with E-state index in [2.05, 4.69) is 42.2 Å². The van der Waals surface area contributed by atoms with Crippen LogP contribution < -0.4 is 10.1 Å². The van der Waals surface area contributed by atoms with Gasteiger partial charge in [0.2, 0.25) is 0 Å². The fraction of sp³-hybridized carbons (Fsp3) is 0.0588. The van der Waals surface area contributed by atoms with E-state index in [1.165, 1.54) is 0 Å². The molecular weight excluding hydrogens is 456 g/mol. The van der Waals surface area contributed by atoms with Crippen LogP contribution in [0.15, 0.2) is 63.0 Å². The first-order valence-corrected chi connectivity index (χ1v) is 9.46. The number of carbonyl (C=O) groups excluding carboxylic acids is 1. The van der Waals surface area contributed by atoms with Gasteiger partial charge in [0.05, 0.1) is 4.47 Å². The van der Waals surface area contributed by atoms with E-state index in [1.54, 1.807) is 23.6 Å². The first-order chi connectivity index (χ1) is 11.6. The first-order valence-electron chi connectivity index (χ1n) is 6.99. The molecule has 0 aliphatic rings. The largest absolute Gasteiger partial charge is 0.483 e. The Hall–Kier alpha value is -1.70. The van der Waals surface area contributed by atoms with Crippen LogP contribution in [0.25, 0.3) is 10.6 Å². The second-order valence-electron chi connectivity index (χ2n) is 4.83. The zero-order valence-electron chi connectivity index (χ0n) is 12.3. The maximum atomic E-state index is 12.0. The van der Waals surface area contributed by atoms with E-state index in [0.717, 1.165) is 25.2 Å². The van der Waals surface area contributed by atoms with Gasteiger partial charge in [-0.25, -0.2) is 4.98 Å². The van der Waals surface area contributed by atoms with Gasteiger partial charge < -0.3 is 10.1 Å². The number of benzene rings is 2. The Morgan fingerprint density at radius 3 is 2.62 bits per heavy atom. The number of nitrogens with zero attached hydrogens (tertiary/aromatic N) is 1. The van der Waals surface area contributed by atoms with Crippen LogP contribution in [0.4, 0.5) is 5.69 Å². The van der Waals surface area contributed by atoms with Gasteiger partial charge >= 0.3 is 0 Å². The van der Waals surface area contributed by atoms with E-state index < -0.39 is 0 Å². The van der Waals surface area contributed by atoms with E-state index in [0.29, 0.717) is 5.75 Å². The molecule has 1 aromatic heterocycles. The summed E-state index contributed by atoms with van der Waals surface area (Å²) in [5.41, 5.74) is 1.75. The second-order valence-corrected chi connectivity index (χ2v) is 7.49. The van der Waals surface area contributed by atoms with Crippen LogP contribution in [0.5, 0.6) is 5.75 Å². The van der Waals surface area contributed by atoms with Gasteiger partial charge in [0.15, 0.2) is 6.61 Å². The molecule has 0 radical (unpaired) electrons. The summed E-state index contributed by atoms with van der Waals surface area (Å²) in [5.74, 6) is 0.402. The summed E-state index contributed by atoms with van der Waals surface area (Å²) in [6.45, 7) is -0.0610. The molecule has 0 fully saturated rings. The topological polar surface area (TPSA) is 51.2 Å². The molecule has 0 saturated heterocycles. The summed E-state index contributed by atoms with van der Waals surface area (Å²) in [7, 11) is 0. The highest BCUT2D eigenvalue weighted by Gasteiger charge is 2.07. The predicted molar refractivity (Wildman–Crippen MR) is 104 cm³/mol. The van der Waals surface area contributed by atoms with Crippen LogP contribution in [0.1, 0.15) is 0 Å². The van der Waals surface area contributed by atoms with Crippen molar-refractivity contribution in [2.75, 3.05) is 11.9 Å².